The molecular weight excluding hydrogens is 268 g/mol. The van der Waals surface area contributed by atoms with Crippen molar-refractivity contribution in [3.05, 3.63) is 6.07 Å². The smallest absolute Gasteiger partial charge is 0.191 e. The number of rotatable bonds is 5. The average Bonchev–Trinajstić information content (AvgIpc) is 2.47. The molecule has 1 fully saturated rings. The van der Waals surface area contributed by atoms with Gasteiger partial charge >= 0.3 is 0 Å². The number of anilines is 2. The third kappa shape index (κ3) is 3.57. The zero-order valence-electron chi connectivity index (χ0n) is 13.0. The summed E-state index contributed by atoms with van der Waals surface area (Å²) in [6.45, 7) is 5.34. The third-order valence-electron chi connectivity index (χ3n) is 4.16. The highest BCUT2D eigenvalue weighted by Gasteiger charge is 2.26. The van der Waals surface area contributed by atoms with Crippen LogP contribution < -0.4 is 10.2 Å². The summed E-state index contributed by atoms with van der Waals surface area (Å²) in [5, 5.41) is 4.14. The highest BCUT2D eigenvalue weighted by Crippen LogP contribution is 2.31. The molecule has 1 heterocycles. The largest absolute Gasteiger partial charge is 0.370 e. The highest BCUT2D eigenvalue weighted by molar-refractivity contribution is 7.98. The Hall–Kier alpha value is -0.970. The maximum atomic E-state index is 4.68. The molecule has 0 aromatic carbocycles. The van der Waals surface area contributed by atoms with Crippen LogP contribution in [0.5, 0.6) is 0 Å². The predicted octanol–water partition coefficient (Wildman–Crippen LogP) is 3.65. The van der Waals surface area contributed by atoms with Gasteiger partial charge in [-0.15, -0.1) is 0 Å². The SMILES string of the molecule is CCNc1cc(N(C)C2CCCCC2C)nc(SC)n1. The van der Waals surface area contributed by atoms with Crippen molar-refractivity contribution >= 4 is 23.4 Å². The Morgan fingerprint density at radius 1 is 1.35 bits per heavy atom. The number of hydrogen-bond acceptors (Lipinski definition) is 5. The van der Waals surface area contributed by atoms with Crippen LogP contribution in [0, 0.1) is 5.92 Å². The van der Waals surface area contributed by atoms with Crippen LogP contribution in [-0.2, 0) is 0 Å². The lowest BCUT2D eigenvalue weighted by atomic mass is 9.85. The fraction of sp³-hybridized carbons (Fsp3) is 0.733. The van der Waals surface area contributed by atoms with Gasteiger partial charge in [-0.1, -0.05) is 31.5 Å². The Kier molecular flexibility index (Phi) is 5.52. The van der Waals surface area contributed by atoms with Crippen molar-refractivity contribution in [2.45, 2.75) is 50.7 Å². The molecule has 0 radical (unpaired) electrons. The molecule has 0 amide bonds. The quantitative estimate of drug-likeness (QED) is 0.663. The van der Waals surface area contributed by atoms with Gasteiger partial charge in [0, 0.05) is 25.7 Å². The van der Waals surface area contributed by atoms with E-state index in [0.29, 0.717) is 6.04 Å². The van der Waals surface area contributed by atoms with Crippen molar-refractivity contribution in [3.8, 4) is 0 Å². The maximum Gasteiger partial charge on any atom is 0.191 e. The third-order valence-corrected chi connectivity index (χ3v) is 4.71. The van der Waals surface area contributed by atoms with Crippen molar-refractivity contribution in [1.82, 2.24) is 9.97 Å². The Balaban J connectivity index is 2.23. The molecular formula is C15H26N4S. The lowest BCUT2D eigenvalue weighted by molar-refractivity contribution is 0.320. The van der Waals surface area contributed by atoms with Crippen molar-refractivity contribution < 1.29 is 0 Å². The van der Waals surface area contributed by atoms with Gasteiger partial charge in [0.25, 0.3) is 0 Å². The Morgan fingerprint density at radius 2 is 2.10 bits per heavy atom. The van der Waals surface area contributed by atoms with Crippen molar-refractivity contribution in [3.63, 3.8) is 0 Å². The lowest BCUT2D eigenvalue weighted by Crippen LogP contribution is -2.39. The summed E-state index contributed by atoms with van der Waals surface area (Å²) in [5.41, 5.74) is 0. The van der Waals surface area contributed by atoms with Crippen LogP contribution in [0.1, 0.15) is 39.5 Å². The van der Waals surface area contributed by atoms with Crippen LogP contribution >= 0.6 is 11.8 Å². The lowest BCUT2D eigenvalue weighted by Gasteiger charge is -2.37. The fourth-order valence-corrected chi connectivity index (χ4v) is 3.37. The van der Waals surface area contributed by atoms with E-state index in [0.717, 1.165) is 29.3 Å². The molecule has 20 heavy (non-hydrogen) atoms. The van der Waals surface area contributed by atoms with E-state index in [1.54, 1.807) is 11.8 Å². The fourth-order valence-electron chi connectivity index (χ4n) is 3.00. The summed E-state index contributed by atoms with van der Waals surface area (Å²) < 4.78 is 0. The molecule has 1 aromatic rings. The Bertz CT molecular complexity index is 438. The van der Waals surface area contributed by atoms with E-state index in [4.69, 9.17) is 0 Å². The summed E-state index contributed by atoms with van der Waals surface area (Å²) >= 11 is 1.60. The summed E-state index contributed by atoms with van der Waals surface area (Å²) in [5.74, 6) is 2.71. The second kappa shape index (κ2) is 7.16. The minimum atomic E-state index is 0.600. The van der Waals surface area contributed by atoms with E-state index >= 15 is 0 Å². The second-order valence-corrected chi connectivity index (χ2v) is 6.34. The van der Waals surface area contributed by atoms with E-state index < -0.39 is 0 Å². The van der Waals surface area contributed by atoms with E-state index in [1.807, 2.05) is 6.26 Å². The van der Waals surface area contributed by atoms with E-state index in [1.165, 1.54) is 25.7 Å². The molecule has 0 spiro atoms. The van der Waals surface area contributed by atoms with Gasteiger partial charge in [0.05, 0.1) is 0 Å². The first-order valence-electron chi connectivity index (χ1n) is 7.55. The summed E-state index contributed by atoms with van der Waals surface area (Å²) in [6.07, 6.45) is 7.33. The topological polar surface area (TPSA) is 41.0 Å². The van der Waals surface area contributed by atoms with E-state index in [9.17, 15) is 0 Å². The number of nitrogens with one attached hydrogen (secondary N) is 1. The zero-order chi connectivity index (χ0) is 14.5. The molecule has 112 valence electrons. The second-order valence-electron chi connectivity index (χ2n) is 5.57. The van der Waals surface area contributed by atoms with E-state index in [2.05, 4.69) is 47.1 Å². The normalized spacial score (nSPS) is 22.6. The average molecular weight is 294 g/mol. The molecule has 2 atom stereocenters. The van der Waals surface area contributed by atoms with Crippen LogP contribution in [-0.4, -0.2) is 35.9 Å². The van der Waals surface area contributed by atoms with E-state index in [-0.39, 0.29) is 0 Å². The van der Waals surface area contributed by atoms with Gasteiger partial charge in [-0.05, 0) is 31.9 Å². The standard InChI is InChI=1S/C15H26N4S/c1-5-16-13-10-14(18-15(17-13)20-4)19(3)12-9-7-6-8-11(12)2/h10-12H,5-9H2,1-4H3,(H,16,17,18). The molecule has 4 nitrogen and oxygen atoms in total. The number of nitrogens with zero attached hydrogens (tertiary/aromatic N) is 3. The van der Waals surface area contributed by atoms with Gasteiger partial charge < -0.3 is 10.2 Å². The summed E-state index contributed by atoms with van der Waals surface area (Å²) in [6, 6.07) is 2.67. The first-order chi connectivity index (χ1) is 9.65. The number of aromatic nitrogens is 2. The maximum absolute atomic E-state index is 4.68. The van der Waals surface area contributed by atoms with Gasteiger partial charge in [0.2, 0.25) is 0 Å². The molecule has 1 aromatic heterocycles. The number of hydrogen-bond donors (Lipinski definition) is 1. The number of thioether (sulfide) groups is 1. The molecule has 2 unspecified atom stereocenters. The van der Waals surface area contributed by atoms with Crippen molar-refractivity contribution in [2.75, 3.05) is 30.1 Å². The minimum Gasteiger partial charge on any atom is -0.370 e. The van der Waals surface area contributed by atoms with Gasteiger partial charge in [0.1, 0.15) is 11.6 Å². The van der Waals surface area contributed by atoms with Gasteiger partial charge in [-0.3, -0.25) is 0 Å². The molecule has 0 saturated heterocycles. The predicted molar refractivity (Wildman–Crippen MR) is 87.8 cm³/mol. The van der Waals surface area contributed by atoms with Crippen molar-refractivity contribution in [1.29, 1.82) is 0 Å². The van der Waals surface area contributed by atoms with Crippen molar-refractivity contribution in [2.24, 2.45) is 5.92 Å². The molecule has 1 N–H and O–H groups in total. The summed E-state index contributed by atoms with van der Waals surface area (Å²) in [7, 11) is 2.18. The van der Waals surface area contributed by atoms with Crippen LogP contribution in [0.25, 0.3) is 0 Å². The first-order valence-corrected chi connectivity index (χ1v) is 8.78. The Labute approximate surface area is 126 Å². The van der Waals surface area contributed by atoms with Crippen LogP contribution in [0.15, 0.2) is 11.2 Å². The zero-order valence-corrected chi connectivity index (χ0v) is 13.8. The van der Waals surface area contributed by atoms with Gasteiger partial charge in [-0.2, -0.15) is 0 Å². The van der Waals surface area contributed by atoms with Crippen LogP contribution in [0.2, 0.25) is 0 Å². The highest BCUT2D eigenvalue weighted by atomic mass is 32.2. The molecule has 0 bridgehead atoms. The molecule has 0 aliphatic heterocycles. The van der Waals surface area contributed by atoms with Crippen LogP contribution in [0.4, 0.5) is 11.6 Å². The molecule has 5 heteroatoms. The van der Waals surface area contributed by atoms with Crippen LogP contribution in [0.3, 0.4) is 0 Å². The minimum absolute atomic E-state index is 0.600. The van der Waals surface area contributed by atoms with Gasteiger partial charge in [0.15, 0.2) is 5.16 Å². The molecule has 1 aliphatic rings. The monoisotopic (exact) mass is 294 g/mol. The van der Waals surface area contributed by atoms with Gasteiger partial charge in [-0.25, -0.2) is 9.97 Å². The Morgan fingerprint density at radius 3 is 2.75 bits per heavy atom. The molecule has 2 rings (SSSR count). The first kappa shape index (κ1) is 15.4. The molecule has 1 saturated carbocycles. The molecule has 1 aliphatic carbocycles. The summed E-state index contributed by atoms with van der Waals surface area (Å²) in [4.78, 5) is 11.5.